The predicted octanol–water partition coefficient (Wildman–Crippen LogP) is 3.44. The number of hydrogen-bond acceptors (Lipinski definition) is 9. The number of aromatic nitrogens is 1. The zero-order valence-electron chi connectivity index (χ0n) is 20.4. The van der Waals surface area contributed by atoms with Gasteiger partial charge in [-0.2, -0.15) is 5.26 Å². The second-order valence-corrected chi connectivity index (χ2v) is 10.1. The molecule has 198 valence electrons. The molecule has 0 radical (unpaired) electrons. The number of nitrogens with two attached hydrogens (primary N) is 2. The molecule has 4 rings (SSSR count). The number of pyridine rings is 1. The summed E-state index contributed by atoms with van der Waals surface area (Å²) < 4.78 is 5.62. The van der Waals surface area contributed by atoms with Crippen LogP contribution < -0.4 is 26.4 Å². The smallest absolute Gasteiger partial charge is 0.260 e. The Morgan fingerprint density at radius 3 is 2.81 bits per heavy atom. The number of nitrogen functional groups attached to an aromatic ring is 1. The van der Waals surface area contributed by atoms with Gasteiger partial charge in [-0.25, -0.2) is 4.98 Å². The van der Waals surface area contributed by atoms with Crippen LogP contribution in [0.4, 0.5) is 11.5 Å². The Hall–Kier alpha value is -3.39. The largest absolute Gasteiger partial charge is 0.491 e. The molecule has 9 nitrogen and oxygen atoms in total. The predicted molar refractivity (Wildman–Crippen MR) is 149 cm³/mol. The average Bonchev–Trinajstić information content (AvgIpc) is 3.23. The lowest BCUT2D eigenvalue weighted by molar-refractivity contribution is 0.100. The number of primary amides is 1. The number of nitrogens with zero attached hydrogens (tertiary/aromatic N) is 3. The number of aryl methyl sites for hydroxylation is 1. The lowest BCUT2D eigenvalue weighted by atomic mass is 10.0. The van der Waals surface area contributed by atoms with E-state index in [1.807, 2.05) is 0 Å². The van der Waals surface area contributed by atoms with Crippen LogP contribution >= 0.6 is 11.3 Å². The molecule has 1 atom stereocenters. The maximum absolute atomic E-state index is 11.8. The third kappa shape index (κ3) is 6.68. The van der Waals surface area contributed by atoms with Crippen LogP contribution in [0.2, 0.25) is 0 Å². The molecule has 3 heterocycles. The molecule has 0 saturated carbocycles. The number of ether oxygens (including phenoxy) is 1. The van der Waals surface area contributed by atoms with E-state index in [9.17, 15) is 9.90 Å². The fraction of sp³-hybridized carbons (Fsp3) is 0.444. The zero-order chi connectivity index (χ0) is 25.7. The minimum absolute atomic E-state index is 0. The van der Waals surface area contributed by atoms with E-state index in [0.29, 0.717) is 28.4 Å². The van der Waals surface area contributed by atoms with Crippen LogP contribution in [0.25, 0.3) is 10.2 Å². The molecule has 1 aliphatic heterocycles. The maximum atomic E-state index is 11.8. The van der Waals surface area contributed by atoms with Gasteiger partial charge in [0.2, 0.25) is 0 Å². The number of aliphatic hydroxyl groups is 1. The van der Waals surface area contributed by atoms with Crippen molar-refractivity contribution < 1.29 is 14.6 Å². The van der Waals surface area contributed by atoms with Gasteiger partial charge >= 0.3 is 0 Å². The molecule has 1 unspecified atom stereocenters. The van der Waals surface area contributed by atoms with Crippen molar-refractivity contribution in [2.45, 2.75) is 52.2 Å². The van der Waals surface area contributed by atoms with Crippen molar-refractivity contribution in [3.63, 3.8) is 0 Å². The van der Waals surface area contributed by atoms with E-state index in [1.165, 1.54) is 11.3 Å². The third-order valence-electron chi connectivity index (χ3n) is 6.38. The van der Waals surface area contributed by atoms with Crippen molar-refractivity contribution in [1.29, 1.82) is 5.26 Å². The summed E-state index contributed by atoms with van der Waals surface area (Å²) >= 11 is 1.26. The van der Waals surface area contributed by atoms with Gasteiger partial charge in [0.25, 0.3) is 5.91 Å². The van der Waals surface area contributed by atoms with Crippen molar-refractivity contribution in [2.75, 3.05) is 36.9 Å². The van der Waals surface area contributed by atoms with Crippen LogP contribution in [0.15, 0.2) is 30.3 Å². The number of benzene rings is 1. The molecular formula is C27H36N6O3S. The quantitative estimate of drug-likeness (QED) is 0.315. The third-order valence-corrected chi connectivity index (χ3v) is 7.49. The fourth-order valence-electron chi connectivity index (χ4n) is 4.52. The van der Waals surface area contributed by atoms with Crippen molar-refractivity contribution in [2.24, 2.45) is 5.73 Å². The van der Waals surface area contributed by atoms with Crippen LogP contribution in [-0.4, -0.2) is 54.4 Å². The second-order valence-electron chi connectivity index (χ2n) is 9.05. The van der Waals surface area contributed by atoms with Crippen molar-refractivity contribution >= 4 is 39.0 Å². The first-order chi connectivity index (χ1) is 17.4. The summed E-state index contributed by atoms with van der Waals surface area (Å²) in [7, 11) is 0. The first-order valence-corrected chi connectivity index (χ1v) is 13.0. The maximum Gasteiger partial charge on any atom is 0.260 e. The molecular weight excluding hydrogens is 488 g/mol. The number of carbonyl (C=O) groups excluding carboxylic acids is 1. The van der Waals surface area contributed by atoms with Crippen LogP contribution in [0.1, 0.15) is 54.4 Å². The minimum atomic E-state index is -0.654. The van der Waals surface area contributed by atoms with Crippen LogP contribution in [0.5, 0.6) is 5.75 Å². The lowest BCUT2D eigenvalue weighted by Gasteiger charge is -2.34. The van der Waals surface area contributed by atoms with Crippen LogP contribution in [0, 0.1) is 11.3 Å². The van der Waals surface area contributed by atoms with Gasteiger partial charge in [-0.05, 0) is 49.1 Å². The normalized spacial score (nSPS) is 14.7. The zero-order valence-corrected chi connectivity index (χ0v) is 21.2. The number of carbonyl (C=O) groups is 1. The lowest BCUT2D eigenvalue weighted by Crippen LogP contribution is -2.45. The highest BCUT2D eigenvalue weighted by molar-refractivity contribution is 7.21. The SMILES string of the molecule is C.CCCc1cc(N2CCC(NCC(O)COc3cccc(C#N)c3)CC2)nc2sc(C(N)=O)c(N)c12. The van der Waals surface area contributed by atoms with E-state index < -0.39 is 12.0 Å². The highest BCUT2D eigenvalue weighted by Gasteiger charge is 2.24. The number of hydrogen-bond donors (Lipinski definition) is 4. The monoisotopic (exact) mass is 524 g/mol. The standard InChI is InChI=1S/C26H32N6O3S.CH4/c1-2-4-17-12-21(31-26-22(17)23(28)24(36-26)25(29)34)32-9-7-18(8-10-32)30-14-19(33)15-35-20-6-3-5-16(11-20)13-27;/h3,5-6,11-12,18-19,30,33H,2,4,7-10,14-15,28H2,1H3,(H2,29,34);1H4. The molecule has 1 saturated heterocycles. The molecule has 0 bridgehead atoms. The molecule has 1 aliphatic rings. The van der Waals surface area contributed by atoms with E-state index in [0.717, 1.165) is 60.4 Å². The molecule has 1 aromatic carbocycles. The van der Waals surface area contributed by atoms with E-state index in [2.05, 4.69) is 29.3 Å². The Balaban J connectivity index is 0.00000380. The molecule has 0 spiro atoms. The van der Waals surface area contributed by atoms with E-state index >= 15 is 0 Å². The van der Waals surface area contributed by atoms with Crippen molar-refractivity contribution in [3.05, 3.63) is 46.3 Å². The Labute approximate surface area is 222 Å². The topological polar surface area (TPSA) is 151 Å². The van der Waals surface area contributed by atoms with E-state index in [4.69, 9.17) is 26.5 Å². The first-order valence-electron chi connectivity index (χ1n) is 12.2. The van der Waals surface area contributed by atoms with Gasteiger partial charge in [0.1, 0.15) is 34.0 Å². The van der Waals surface area contributed by atoms with E-state index in [-0.39, 0.29) is 20.1 Å². The summed E-state index contributed by atoms with van der Waals surface area (Å²) in [6.07, 6.45) is 2.99. The molecule has 3 aromatic rings. The van der Waals surface area contributed by atoms with Gasteiger partial charge in [-0.15, -0.1) is 11.3 Å². The number of rotatable bonds is 10. The number of thiophene rings is 1. The summed E-state index contributed by atoms with van der Waals surface area (Å²) in [5, 5.41) is 23.6. The van der Waals surface area contributed by atoms with E-state index in [1.54, 1.807) is 24.3 Å². The Bertz CT molecular complexity index is 1260. The number of piperidine rings is 1. The first kappa shape index (κ1) is 28.2. The van der Waals surface area contributed by atoms with Crippen molar-refractivity contribution in [3.8, 4) is 11.8 Å². The molecule has 1 amide bonds. The molecule has 1 fully saturated rings. The molecule has 0 aliphatic carbocycles. The number of amides is 1. The Morgan fingerprint density at radius 2 is 2.14 bits per heavy atom. The molecule has 10 heteroatoms. The van der Waals surface area contributed by atoms with Crippen molar-refractivity contribution in [1.82, 2.24) is 10.3 Å². The summed E-state index contributed by atoms with van der Waals surface area (Å²) in [5.74, 6) is 0.952. The van der Waals surface area contributed by atoms with Gasteiger partial charge < -0.3 is 31.5 Å². The fourth-order valence-corrected chi connectivity index (χ4v) is 5.51. The van der Waals surface area contributed by atoms with Crippen LogP contribution in [-0.2, 0) is 6.42 Å². The van der Waals surface area contributed by atoms with Gasteiger partial charge in [0.15, 0.2) is 0 Å². The Kier molecular flexibility index (Phi) is 9.69. The Morgan fingerprint density at radius 1 is 1.38 bits per heavy atom. The van der Waals surface area contributed by atoms with Gasteiger partial charge in [-0.1, -0.05) is 26.8 Å². The number of nitriles is 1. The number of nitrogens with one attached hydrogen (secondary N) is 1. The van der Waals surface area contributed by atoms with Gasteiger partial charge in [0.05, 0.1) is 17.3 Å². The second kappa shape index (κ2) is 12.7. The highest BCUT2D eigenvalue weighted by atomic mass is 32.1. The molecule has 37 heavy (non-hydrogen) atoms. The molecule has 2 aromatic heterocycles. The summed E-state index contributed by atoms with van der Waals surface area (Å²) in [5.41, 5.74) is 13.8. The van der Waals surface area contributed by atoms with Gasteiger partial charge in [0, 0.05) is 31.1 Å². The number of anilines is 2. The summed E-state index contributed by atoms with van der Waals surface area (Å²) in [6, 6.07) is 11.4. The average molecular weight is 525 g/mol. The summed E-state index contributed by atoms with van der Waals surface area (Å²) in [6.45, 7) is 4.36. The molecule has 6 N–H and O–H groups in total. The number of aliphatic hydroxyl groups excluding tert-OH is 1. The minimum Gasteiger partial charge on any atom is -0.491 e. The van der Waals surface area contributed by atoms with Gasteiger partial charge in [-0.3, -0.25) is 4.79 Å². The summed E-state index contributed by atoms with van der Waals surface area (Å²) in [4.78, 5) is 20.0. The number of fused-ring (bicyclic) bond motifs is 1. The highest BCUT2D eigenvalue weighted by Crippen LogP contribution is 2.37. The van der Waals surface area contributed by atoms with Crippen LogP contribution in [0.3, 0.4) is 0 Å².